The third-order valence-electron chi connectivity index (χ3n) is 3.93. The van der Waals surface area contributed by atoms with Gasteiger partial charge in [-0.15, -0.1) is 0 Å². The summed E-state index contributed by atoms with van der Waals surface area (Å²) in [5, 5.41) is 11.6. The summed E-state index contributed by atoms with van der Waals surface area (Å²) < 4.78 is 18.1. The fraction of sp³-hybridized carbons (Fsp3) is 0.211. The first kappa shape index (κ1) is 18.7. The number of methoxy groups -OCH3 is 3. The minimum Gasteiger partial charge on any atom is -0.493 e. The fourth-order valence-corrected chi connectivity index (χ4v) is 2.83. The highest BCUT2D eigenvalue weighted by Crippen LogP contribution is 2.37. The Bertz CT molecular complexity index is 971. The molecule has 0 bridgehead atoms. The van der Waals surface area contributed by atoms with Gasteiger partial charge in [0.1, 0.15) is 0 Å². The number of hydrogen-bond donors (Lipinski definition) is 1. The van der Waals surface area contributed by atoms with E-state index in [2.05, 4.69) is 15.3 Å². The molecule has 0 aliphatic carbocycles. The first-order valence-corrected chi connectivity index (χ1v) is 8.61. The second-order valence-corrected chi connectivity index (χ2v) is 6.01. The average Bonchev–Trinajstić information content (AvgIpc) is 3.05. The lowest BCUT2D eigenvalue weighted by molar-refractivity contribution is 0.324. The maximum Gasteiger partial charge on any atom is 0.216 e. The van der Waals surface area contributed by atoms with E-state index in [0.717, 1.165) is 17.0 Å². The van der Waals surface area contributed by atoms with Gasteiger partial charge in [0.05, 0.1) is 27.5 Å². The Morgan fingerprint density at radius 2 is 1.74 bits per heavy atom. The monoisotopic (exact) mass is 384 g/mol. The van der Waals surface area contributed by atoms with Gasteiger partial charge in [-0.3, -0.25) is 5.10 Å². The molecule has 8 heteroatoms. The van der Waals surface area contributed by atoms with Crippen molar-refractivity contribution in [2.75, 3.05) is 21.3 Å². The van der Waals surface area contributed by atoms with Crippen LogP contribution in [0.1, 0.15) is 17.0 Å². The Morgan fingerprint density at radius 3 is 2.33 bits per heavy atom. The van der Waals surface area contributed by atoms with E-state index in [9.17, 15) is 0 Å². The van der Waals surface area contributed by atoms with Crippen molar-refractivity contribution in [1.29, 1.82) is 0 Å². The van der Waals surface area contributed by atoms with Gasteiger partial charge in [0.15, 0.2) is 17.3 Å². The molecular formula is C19H20N4O3S. The number of hydrogen-bond acceptors (Lipinski definition) is 6. The van der Waals surface area contributed by atoms with Crippen LogP contribution in [-0.2, 0) is 6.42 Å². The van der Waals surface area contributed by atoms with Crippen LogP contribution in [0.25, 0.3) is 0 Å². The number of aromatic nitrogens is 3. The van der Waals surface area contributed by atoms with Crippen LogP contribution in [0.3, 0.4) is 0 Å². The summed E-state index contributed by atoms with van der Waals surface area (Å²) in [4.78, 5) is 0. The largest absolute Gasteiger partial charge is 0.493 e. The zero-order chi connectivity index (χ0) is 19.2. The van der Waals surface area contributed by atoms with Gasteiger partial charge >= 0.3 is 0 Å². The smallest absolute Gasteiger partial charge is 0.216 e. The molecular weight excluding hydrogens is 364 g/mol. The van der Waals surface area contributed by atoms with Crippen LogP contribution in [0.15, 0.2) is 47.6 Å². The molecule has 3 rings (SSSR count). The van der Waals surface area contributed by atoms with Crippen molar-refractivity contribution in [1.82, 2.24) is 14.9 Å². The van der Waals surface area contributed by atoms with Gasteiger partial charge in [-0.2, -0.15) is 14.9 Å². The quantitative estimate of drug-likeness (QED) is 0.499. The maximum absolute atomic E-state index is 5.37. The van der Waals surface area contributed by atoms with E-state index in [1.807, 2.05) is 42.5 Å². The Morgan fingerprint density at radius 1 is 1.07 bits per heavy atom. The first-order valence-electron chi connectivity index (χ1n) is 8.21. The highest BCUT2D eigenvalue weighted by atomic mass is 32.1. The normalized spacial score (nSPS) is 10.9. The predicted octanol–water partition coefficient (Wildman–Crippen LogP) is 3.44. The lowest BCUT2D eigenvalue weighted by atomic mass is 10.1. The van der Waals surface area contributed by atoms with Crippen LogP contribution in [0.4, 0.5) is 0 Å². The van der Waals surface area contributed by atoms with Gasteiger partial charge in [0.2, 0.25) is 10.5 Å². The minimum atomic E-state index is 0.421. The van der Waals surface area contributed by atoms with Crippen molar-refractivity contribution in [2.45, 2.75) is 6.42 Å². The molecule has 0 aliphatic heterocycles. The number of nitrogens with zero attached hydrogens (tertiary/aromatic N) is 3. The molecule has 2 aromatic carbocycles. The molecule has 0 saturated heterocycles. The number of aromatic amines is 1. The van der Waals surface area contributed by atoms with Crippen molar-refractivity contribution < 1.29 is 14.2 Å². The van der Waals surface area contributed by atoms with Crippen molar-refractivity contribution in [3.05, 3.63) is 64.2 Å². The summed E-state index contributed by atoms with van der Waals surface area (Å²) >= 11 is 5.30. The van der Waals surface area contributed by atoms with Gasteiger partial charge in [0.25, 0.3) is 0 Å². The van der Waals surface area contributed by atoms with Crippen molar-refractivity contribution in [3.8, 4) is 17.2 Å². The highest BCUT2D eigenvalue weighted by Gasteiger charge is 2.12. The maximum atomic E-state index is 5.37. The Kier molecular flexibility index (Phi) is 5.87. The SMILES string of the molecule is COc1cc(/C=N\n2c(Cc3ccccc3)n[nH]c2=S)cc(OC)c1OC. The molecule has 0 fully saturated rings. The molecule has 0 aliphatic rings. The van der Waals surface area contributed by atoms with Crippen molar-refractivity contribution >= 4 is 18.4 Å². The van der Waals surface area contributed by atoms with Gasteiger partial charge in [0, 0.05) is 12.0 Å². The second-order valence-electron chi connectivity index (χ2n) is 5.62. The fourth-order valence-electron chi connectivity index (χ4n) is 2.64. The standard InChI is InChI=1S/C19H20N4O3S/c1-24-15-9-14(10-16(25-2)18(15)26-3)12-20-23-17(21-22-19(23)27)11-13-7-5-4-6-8-13/h4-10,12H,11H2,1-3H3,(H,22,27)/b20-12-. The summed E-state index contributed by atoms with van der Waals surface area (Å²) in [7, 11) is 4.71. The molecule has 1 N–H and O–H groups in total. The molecule has 0 unspecified atom stereocenters. The van der Waals surface area contributed by atoms with Gasteiger partial charge in [-0.1, -0.05) is 30.3 Å². The number of H-pyrrole nitrogens is 1. The van der Waals surface area contributed by atoms with E-state index in [1.54, 1.807) is 32.2 Å². The zero-order valence-corrected chi connectivity index (χ0v) is 16.1. The third kappa shape index (κ3) is 4.17. The molecule has 0 spiro atoms. The summed E-state index contributed by atoms with van der Waals surface area (Å²) in [6.45, 7) is 0. The molecule has 140 valence electrons. The molecule has 1 heterocycles. The minimum absolute atomic E-state index is 0.421. The molecule has 0 amide bonds. The topological polar surface area (TPSA) is 73.7 Å². The van der Waals surface area contributed by atoms with Crippen LogP contribution in [0.2, 0.25) is 0 Å². The van der Waals surface area contributed by atoms with Gasteiger partial charge in [-0.25, -0.2) is 0 Å². The van der Waals surface area contributed by atoms with Crippen LogP contribution in [0.5, 0.6) is 17.2 Å². The van der Waals surface area contributed by atoms with E-state index in [-0.39, 0.29) is 0 Å². The lowest BCUT2D eigenvalue weighted by Gasteiger charge is -2.12. The zero-order valence-electron chi connectivity index (χ0n) is 15.3. The molecule has 7 nitrogen and oxygen atoms in total. The van der Waals surface area contributed by atoms with Gasteiger partial charge < -0.3 is 14.2 Å². The van der Waals surface area contributed by atoms with Crippen molar-refractivity contribution in [2.24, 2.45) is 5.10 Å². The molecule has 0 atom stereocenters. The third-order valence-corrected chi connectivity index (χ3v) is 4.20. The predicted molar refractivity (Wildman–Crippen MR) is 106 cm³/mol. The number of nitrogens with one attached hydrogen (secondary N) is 1. The Balaban J connectivity index is 1.93. The molecule has 0 radical (unpaired) electrons. The summed E-state index contributed by atoms with van der Waals surface area (Å²) in [6, 6.07) is 13.6. The number of benzene rings is 2. The van der Waals surface area contributed by atoms with Crippen molar-refractivity contribution in [3.63, 3.8) is 0 Å². The van der Waals surface area contributed by atoms with E-state index >= 15 is 0 Å². The lowest BCUT2D eigenvalue weighted by Crippen LogP contribution is -2.01. The second kappa shape index (κ2) is 8.50. The number of rotatable bonds is 7. The van der Waals surface area contributed by atoms with E-state index < -0.39 is 0 Å². The summed E-state index contributed by atoms with van der Waals surface area (Å²) in [5.41, 5.74) is 1.90. The average molecular weight is 384 g/mol. The van der Waals surface area contributed by atoms with Crippen LogP contribution in [0, 0.1) is 4.77 Å². The Hall–Kier alpha value is -3.13. The van der Waals surface area contributed by atoms with Crippen LogP contribution in [-0.4, -0.2) is 42.4 Å². The molecule has 1 aromatic heterocycles. The molecule has 0 saturated carbocycles. The van der Waals surface area contributed by atoms with E-state index in [0.29, 0.717) is 28.4 Å². The van der Waals surface area contributed by atoms with E-state index in [1.165, 1.54) is 0 Å². The molecule has 27 heavy (non-hydrogen) atoms. The van der Waals surface area contributed by atoms with Gasteiger partial charge in [-0.05, 0) is 29.9 Å². The first-order chi connectivity index (χ1) is 13.2. The molecule has 3 aromatic rings. The number of ether oxygens (including phenoxy) is 3. The van der Waals surface area contributed by atoms with E-state index in [4.69, 9.17) is 26.4 Å². The van der Waals surface area contributed by atoms with Crippen LogP contribution < -0.4 is 14.2 Å². The van der Waals surface area contributed by atoms with Crippen LogP contribution >= 0.6 is 12.2 Å². The Labute approximate surface area is 162 Å². The highest BCUT2D eigenvalue weighted by molar-refractivity contribution is 7.71. The summed E-state index contributed by atoms with van der Waals surface area (Å²) in [5.74, 6) is 2.36. The summed E-state index contributed by atoms with van der Waals surface area (Å²) in [6.07, 6.45) is 2.28.